The normalized spacial score (nSPS) is 12.5. The minimum Gasteiger partial charge on any atom is -0.263 e. The molecule has 0 bridgehead atoms. The van der Waals surface area contributed by atoms with E-state index < -0.39 is 0 Å². The summed E-state index contributed by atoms with van der Waals surface area (Å²) in [6, 6.07) is 2.10. The van der Waals surface area contributed by atoms with Gasteiger partial charge in [0.05, 0.1) is 0 Å². The zero-order valence-electron chi connectivity index (χ0n) is 7.13. The average Bonchev–Trinajstić information content (AvgIpc) is 2.05. The topological polar surface area (TPSA) is 12.9 Å². The third-order valence-corrected chi connectivity index (χ3v) is 2.25. The SMILES string of the molecule is C=CC[C@H](C)c1cncc(Br)c1. The quantitative estimate of drug-likeness (QED) is 0.718. The van der Waals surface area contributed by atoms with Gasteiger partial charge in [0.15, 0.2) is 0 Å². The Morgan fingerprint density at radius 1 is 1.67 bits per heavy atom. The highest BCUT2D eigenvalue weighted by molar-refractivity contribution is 9.10. The van der Waals surface area contributed by atoms with Gasteiger partial charge in [-0.1, -0.05) is 13.0 Å². The van der Waals surface area contributed by atoms with E-state index in [9.17, 15) is 0 Å². The predicted octanol–water partition coefficient (Wildman–Crippen LogP) is 3.52. The van der Waals surface area contributed by atoms with Crippen molar-refractivity contribution in [1.82, 2.24) is 4.98 Å². The van der Waals surface area contributed by atoms with Crippen LogP contribution in [0.25, 0.3) is 0 Å². The first-order chi connectivity index (χ1) is 5.74. The lowest BCUT2D eigenvalue weighted by atomic mass is 10.0. The van der Waals surface area contributed by atoms with Crippen LogP contribution in [-0.2, 0) is 0 Å². The van der Waals surface area contributed by atoms with Gasteiger partial charge >= 0.3 is 0 Å². The van der Waals surface area contributed by atoms with Gasteiger partial charge in [-0.05, 0) is 39.9 Å². The number of allylic oxidation sites excluding steroid dienone is 1. The average molecular weight is 226 g/mol. The number of hydrogen-bond acceptors (Lipinski definition) is 1. The lowest BCUT2D eigenvalue weighted by Crippen LogP contribution is -1.92. The molecule has 64 valence electrons. The van der Waals surface area contributed by atoms with E-state index in [1.54, 1.807) is 6.20 Å². The van der Waals surface area contributed by atoms with Crippen LogP contribution in [0.2, 0.25) is 0 Å². The molecule has 0 saturated heterocycles. The fourth-order valence-electron chi connectivity index (χ4n) is 1.08. The van der Waals surface area contributed by atoms with Gasteiger partial charge in [0.2, 0.25) is 0 Å². The number of halogens is 1. The first kappa shape index (κ1) is 9.46. The van der Waals surface area contributed by atoms with E-state index >= 15 is 0 Å². The Morgan fingerprint density at radius 3 is 3.00 bits per heavy atom. The lowest BCUT2D eigenvalue weighted by molar-refractivity contribution is 0.775. The van der Waals surface area contributed by atoms with Crippen molar-refractivity contribution in [3.8, 4) is 0 Å². The van der Waals surface area contributed by atoms with E-state index in [-0.39, 0.29) is 0 Å². The standard InChI is InChI=1S/C10H12BrN/c1-3-4-8(2)9-5-10(11)7-12-6-9/h3,5-8H,1,4H2,2H3/t8-/m0/s1. The van der Waals surface area contributed by atoms with E-state index in [4.69, 9.17) is 0 Å². The van der Waals surface area contributed by atoms with Crippen LogP contribution in [0.15, 0.2) is 35.6 Å². The Kier molecular flexibility index (Phi) is 3.48. The van der Waals surface area contributed by atoms with Crippen LogP contribution >= 0.6 is 15.9 Å². The first-order valence-electron chi connectivity index (χ1n) is 3.95. The molecule has 0 radical (unpaired) electrons. The third kappa shape index (κ3) is 2.45. The molecular weight excluding hydrogens is 214 g/mol. The lowest BCUT2D eigenvalue weighted by Gasteiger charge is -2.07. The van der Waals surface area contributed by atoms with E-state index in [2.05, 4.69) is 40.5 Å². The van der Waals surface area contributed by atoms with Crippen molar-refractivity contribution >= 4 is 15.9 Å². The predicted molar refractivity (Wildman–Crippen MR) is 55.2 cm³/mol. The second-order valence-electron chi connectivity index (χ2n) is 2.86. The summed E-state index contributed by atoms with van der Waals surface area (Å²) in [5.41, 5.74) is 1.25. The van der Waals surface area contributed by atoms with E-state index in [1.165, 1.54) is 5.56 Å². The Bertz CT molecular complexity index is 270. The monoisotopic (exact) mass is 225 g/mol. The van der Waals surface area contributed by atoms with Crippen molar-refractivity contribution in [2.75, 3.05) is 0 Å². The van der Waals surface area contributed by atoms with Crippen molar-refractivity contribution in [2.45, 2.75) is 19.3 Å². The summed E-state index contributed by atoms with van der Waals surface area (Å²) in [4.78, 5) is 4.11. The maximum atomic E-state index is 4.11. The Morgan fingerprint density at radius 2 is 2.42 bits per heavy atom. The molecule has 0 N–H and O–H groups in total. The van der Waals surface area contributed by atoms with Crippen molar-refractivity contribution in [2.24, 2.45) is 0 Å². The maximum Gasteiger partial charge on any atom is 0.0410 e. The van der Waals surface area contributed by atoms with Crippen LogP contribution in [0.3, 0.4) is 0 Å². The van der Waals surface area contributed by atoms with Gasteiger partial charge in [0.1, 0.15) is 0 Å². The van der Waals surface area contributed by atoms with Crippen LogP contribution in [-0.4, -0.2) is 4.98 Å². The molecule has 0 aliphatic rings. The third-order valence-electron chi connectivity index (χ3n) is 1.82. The highest BCUT2D eigenvalue weighted by Crippen LogP contribution is 2.20. The number of pyridine rings is 1. The van der Waals surface area contributed by atoms with Crippen LogP contribution in [0.5, 0.6) is 0 Å². The van der Waals surface area contributed by atoms with E-state index in [1.807, 2.05) is 12.3 Å². The van der Waals surface area contributed by atoms with Gasteiger partial charge in [0, 0.05) is 16.9 Å². The number of nitrogens with zero attached hydrogens (tertiary/aromatic N) is 1. The minimum absolute atomic E-state index is 0.507. The smallest absolute Gasteiger partial charge is 0.0410 e. The highest BCUT2D eigenvalue weighted by Gasteiger charge is 2.03. The molecule has 0 amide bonds. The van der Waals surface area contributed by atoms with Crippen LogP contribution in [0, 0.1) is 0 Å². The second kappa shape index (κ2) is 4.41. The van der Waals surface area contributed by atoms with Crippen molar-refractivity contribution in [1.29, 1.82) is 0 Å². The summed E-state index contributed by atoms with van der Waals surface area (Å²) in [6.07, 6.45) is 6.63. The summed E-state index contributed by atoms with van der Waals surface area (Å²) < 4.78 is 1.04. The molecule has 0 aliphatic carbocycles. The fourth-order valence-corrected chi connectivity index (χ4v) is 1.47. The van der Waals surface area contributed by atoms with Gasteiger partial charge in [-0.15, -0.1) is 6.58 Å². The molecule has 0 unspecified atom stereocenters. The largest absolute Gasteiger partial charge is 0.263 e. The number of aromatic nitrogens is 1. The first-order valence-corrected chi connectivity index (χ1v) is 4.74. The summed E-state index contributed by atoms with van der Waals surface area (Å²) in [7, 11) is 0. The Labute approximate surface area is 81.7 Å². The molecule has 0 saturated carbocycles. The molecule has 2 heteroatoms. The molecule has 0 aliphatic heterocycles. The van der Waals surface area contributed by atoms with Gasteiger partial charge in [-0.25, -0.2) is 0 Å². The molecule has 0 spiro atoms. The number of rotatable bonds is 3. The highest BCUT2D eigenvalue weighted by atomic mass is 79.9. The zero-order valence-corrected chi connectivity index (χ0v) is 8.71. The maximum absolute atomic E-state index is 4.11. The van der Waals surface area contributed by atoms with Crippen molar-refractivity contribution in [3.63, 3.8) is 0 Å². The summed E-state index contributed by atoms with van der Waals surface area (Å²) in [6.45, 7) is 5.89. The van der Waals surface area contributed by atoms with Gasteiger partial charge in [-0.2, -0.15) is 0 Å². The second-order valence-corrected chi connectivity index (χ2v) is 3.78. The number of hydrogen-bond donors (Lipinski definition) is 0. The molecular formula is C10H12BrN. The molecule has 0 fully saturated rings. The van der Waals surface area contributed by atoms with E-state index in [0.717, 1.165) is 10.9 Å². The molecule has 12 heavy (non-hydrogen) atoms. The van der Waals surface area contributed by atoms with Crippen molar-refractivity contribution < 1.29 is 0 Å². The summed E-state index contributed by atoms with van der Waals surface area (Å²) in [5.74, 6) is 0.507. The van der Waals surface area contributed by atoms with Gasteiger partial charge in [0.25, 0.3) is 0 Å². The fraction of sp³-hybridized carbons (Fsp3) is 0.300. The molecule has 1 rings (SSSR count). The van der Waals surface area contributed by atoms with Crippen LogP contribution < -0.4 is 0 Å². The molecule has 1 nitrogen and oxygen atoms in total. The van der Waals surface area contributed by atoms with Crippen LogP contribution in [0.1, 0.15) is 24.8 Å². The van der Waals surface area contributed by atoms with Crippen LogP contribution in [0.4, 0.5) is 0 Å². The molecule has 1 atom stereocenters. The molecule has 1 aromatic rings. The van der Waals surface area contributed by atoms with Gasteiger partial charge < -0.3 is 0 Å². The van der Waals surface area contributed by atoms with Gasteiger partial charge in [-0.3, -0.25) is 4.98 Å². The summed E-state index contributed by atoms with van der Waals surface area (Å²) in [5, 5.41) is 0. The minimum atomic E-state index is 0.507. The molecule has 1 aromatic heterocycles. The molecule has 1 heterocycles. The Balaban J connectivity index is 2.80. The Hall–Kier alpha value is -0.630. The summed E-state index contributed by atoms with van der Waals surface area (Å²) >= 11 is 3.39. The molecule has 0 aromatic carbocycles. The zero-order chi connectivity index (χ0) is 8.97. The van der Waals surface area contributed by atoms with E-state index in [0.29, 0.717) is 5.92 Å². The van der Waals surface area contributed by atoms with Crippen molar-refractivity contribution in [3.05, 3.63) is 41.2 Å².